The predicted molar refractivity (Wildman–Crippen MR) is 59.9 cm³/mol. The number of halogens is 1. The standard InChI is InChI=1S/C9H14ClN3S/c10-8-6-12-9(14-8)7-13-4-1-2-11-3-5-13/h6,11H,1-5,7H2. The Kier molecular flexibility index (Phi) is 3.75. The number of nitrogens with one attached hydrogen (secondary N) is 1. The van der Waals surface area contributed by atoms with Gasteiger partial charge in [-0.05, 0) is 19.5 Å². The normalized spacial score (nSPS) is 19.5. The van der Waals surface area contributed by atoms with Gasteiger partial charge < -0.3 is 5.32 Å². The second-order valence-electron chi connectivity index (χ2n) is 3.44. The Bertz CT molecular complexity index is 281. The van der Waals surface area contributed by atoms with Crippen molar-refractivity contribution in [1.29, 1.82) is 0 Å². The Labute approximate surface area is 93.1 Å². The molecule has 5 heteroatoms. The summed E-state index contributed by atoms with van der Waals surface area (Å²) in [5, 5.41) is 4.51. The monoisotopic (exact) mass is 231 g/mol. The lowest BCUT2D eigenvalue weighted by atomic mass is 10.4. The molecule has 1 N–H and O–H groups in total. The molecular formula is C9H14ClN3S. The van der Waals surface area contributed by atoms with E-state index in [0.717, 1.165) is 42.1 Å². The van der Waals surface area contributed by atoms with Gasteiger partial charge in [0, 0.05) is 13.1 Å². The van der Waals surface area contributed by atoms with Crippen LogP contribution in [0.5, 0.6) is 0 Å². The molecule has 14 heavy (non-hydrogen) atoms. The van der Waals surface area contributed by atoms with Crippen molar-refractivity contribution in [3.63, 3.8) is 0 Å². The lowest BCUT2D eigenvalue weighted by Gasteiger charge is -2.17. The van der Waals surface area contributed by atoms with Crippen molar-refractivity contribution >= 4 is 22.9 Å². The minimum atomic E-state index is 0.785. The molecule has 0 aliphatic carbocycles. The first-order valence-corrected chi connectivity index (χ1v) is 6.07. The van der Waals surface area contributed by atoms with Gasteiger partial charge in [0.05, 0.1) is 12.7 Å². The van der Waals surface area contributed by atoms with Crippen LogP contribution in [0.15, 0.2) is 6.20 Å². The maximum atomic E-state index is 5.84. The molecule has 78 valence electrons. The minimum Gasteiger partial charge on any atom is -0.315 e. The van der Waals surface area contributed by atoms with Gasteiger partial charge in [0.2, 0.25) is 0 Å². The van der Waals surface area contributed by atoms with E-state index in [-0.39, 0.29) is 0 Å². The molecule has 0 aromatic carbocycles. The summed E-state index contributed by atoms with van der Waals surface area (Å²) in [6.07, 6.45) is 2.96. The summed E-state index contributed by atoms with van der Waals surface area (Å²) in [6, 6.07) is 0. The van der Waals surface area contributed by atoms with E-state index >= 15 is 0 Å². The molecule has 0 radical (unpaired) electrons. The fraction of sp³-hybridized carbons (Fsp3) is 0.667. The van der Waals surface area contributed by atoms with Gasteiger partial charge in [-0.1, -0.05) is 11.6 Å². The molecule has 1 fully saturated rings. The average Bonchev–Trinajstić information content (AvgIpc) is 2.43. The number of thiazole rings is 1. The molecule has 0 spiro atoms. The SMILES string of the molecule is Clc1cnc(CN2CCCNCC2)s1. The summed E-state index contributed by atoms with van der Waals surface area (Å²) >= 11 is 7.42. The summed E-state index contributed by atoms with van der Waals surface area (Å²) in [4.78, 5) is 6.69. The van der Waals surface area contributed by atoms with Crippen LogP contribution >= 0.6 is 22.9 Å². The van der Waals surface area contributed by atoms with E-state index in [9.17, 15) is 0 Å². The third kappa shape index (κ3) is 2.92. The van der Waals surface area contributed by atoms with Crippen molar-refractivity contribution in [3.05, 3.63) is 15.5 Å². The Morgan fingerprint density at radius 1 is 1.50 bits per heavy atom. The van der Waals surface area contributed by atoms with Gasteiger partial charge in [0.15, 0.2) is 0 Å². The van der Waals surface area contributed by atoms with Crippen LogP contribution in [0.2, 0.25) is 4.34 Å². The molecule has 0 saturated carbocycles. The van der Waals surface area contributed by atoms with Gasteiger partial charge in [0.1, 0.15) is 9.34 Å². The van der Waals surface area contributed by atoms with E-state index in [1.165, 1.54) is 6.42 Å². The van der Waals surface area contributed by atoms with Crippen LogP contribution in [-0.4, -0.2) is 36.1 Å². The summed E-state index contributed by atoms with van der Waals surface area (Å²) in [5.41, 5.74) is 0. The van der Waals surface area contributed by atoms with Gasteiger partial charge in [-0.15, -0.1) is 11.3 Å². The zero-order chi connectivity index (χ0) is 9.80. The molecule has 0 atom stereocenters. The third-order valence-electron chi connectivity index (χ3n) is 2.32. The van der Waals surface area contributed by atoms with Crippen molar-refractivity contribution < 1.29 is 0 Å². The van der Waals surface area contributed by atoms with Crippen LogP contribution in [0.1, 0.15) is 11.4 Å². The van der Waals surface area contributed by atoms with Gasteiger partial charge >= 0.3 is 0 Å². The first-order valence-electron chi connectivity index (χ1n) is 4.88. The highest BCUT2D eigenvalue weighted by Crippen LogP contribution is 2.19. The van der Waals surface area contributed by atoms with Gasteiger partial charge in [-0.2, -0.15) is 0 Å². The van der Waals surface area contributed by atoms with Gasteiger partial charge in [-0.25, -0.2) is 4.98 Å². The largest absolute Gasteiger partial charge is 0.315 e. The summed E-state index contributed by atoms with van der Waals surface area (Å²) < 4.78 is 0.785. The molecular weight excluding hydrogens is 218 g/mol. The third-order valence-corrected chi connectivity index (χ3v) is 3.42. The molecule has 1 aromatic heterocycles. The van der Waals surface area contributed by atoms with E-state index < -0.39 is 0 Å². The second-order valence-corrected chi connectivity index (χ2v) is 5.18. The molecule has 2 heterocycles. The highest BCUT2D eigenvalue weighted by atomic mass is 35.5. The van der Waals surface area contributed by atoms with Crippen LogP contribution < -0.4 is 5.32 Å². The molecule has 1 aliphatic heterocycles. The quantitative estimate of drug-likeness (QED) is 0.838. The molecule has 3 nitrogen and oxygen atoms in total. The Hall–Kier alpha value is -0.160. The second kappa shape index (κ2) is 5.07. The van der Waals surface area contributed by atoms with Crippen molar-refractivity contribution in [3.8, 4) is 0 Å². The smallest absolute Gasteiger partial charge is 0.113 e. The predicted octanol–water partition coefficient (Wildman–Crippen LogP) is 1.59. The molecule has 2 rings (SSSR count). The van der Waals surface area contributed by atoms with Crippen molar-refractivity contribution in [2.75, 3.05) is 26.2 Å². The first-order chi connectivity index (χ1) is 6.84. The van der Waals surface area contributed by atoms with E-state index in [0.29, 0.717) is 0 Å². The minimum absolute atomic E-state index is 0.785. The number of rotatable bonds is 2. The van der Waals surface area contributed by atoms with E-state index in [4.69, 9.17) is 11.6 Å². The van der Waals surface area contributed by atoms with Gasteiger partial charge in [0.25, 0.3) is 0 Å². The average molecular weight is 232 g/mol. The lowest BCUT2D eigenvalue weighted by molar-refractivity contribution is 0.284. The zero-order valence-electron chi connectivity index (χ0n) is 8.00. The summed E-state index contributed by atoms with van der Waals surface area (Å²) in [7, 11) is 0. The molecule has 1 aliphatic rings. The van der Waals surface area contributed by atoms with Crippen LogP contribution in [0.4, 0.5) is 0 Å². The number of nitrogens with zero attached hydrogens (tertiary/aromatic N) is 2. The topological polar surface area (TPSA) is 28.2 Å². The van der Waals surface area contributed by atoms with E-state index in [2.05, 4.69) is 15.2 Å². The highest BCUT2D eigenvalue weighted by molar-refractivity contribution is 7.15. The van der Waals surface area contributed by atoms with Crippen molar-refractivity contribution in [1.82, 2.24) is 15.2 Å². The van der Waals surface area contributed by atoms with Crippen LogP contribution in [-0.2, 0) is 6.54 Å². The number of hydrogen-bond donors (Lipinski definition) is 1. The maximum absolute atomic E-state index is 5.84. The highest BCUT2D eigenvalue weighted by Gasteiger charge is 2.10. The fourth-order valence-electron chi connectivity index (χ4n) is 1.61. The first kappa shape index (κ1) is 10.4. The molecule has 0 unspecified atom stereocenters. The van der Waals surface area contributed by atoms with Crippen LogP contribution in [0.3, 0.4) is 0 Å². The molecule has 1 saturated heterocycles. The fourth-order valence-corrected chi connectivity index (χ4v) is 2.61. The summed E-state index contributed by atoms with van der Waals surface area (Å²) in [6.45, 7) is 5.43. The lowest BCUT2D eigenvalue weighted by Crippen LogP contribution is -2.27. The Morgan fingerprint density at radius 2 is 2.43 bits per heavy atom. The van der Waals surface area contributed by atoms with E-state index in [1.807, 2.05) is 0 Å². The molecule has 0 bridgehead atoms. The molecule has 0 amide bonds. The maximum Gasteiger partial charge on any atom is 0.113 e. The van der Waals surface area contributed by atoms with Crippen LogP contribution in [0.25, 0.3) is 0 Å². The van der Waals surface area contributed by atoms with Crippen LogP contribution in [0, 0.1) is 0 Å². The Morgan fingerprint density at radius 3 is 3.21 bits per heavy atom. The van der Waals surface area contributed by atoms with Gasteiger partial charge in [-0.3, -0.25) is 4.90 Å². The van der Waals surface area contributed by atoms with Crippen molar-refractivity contribution in [2.24, 2.45) is 0 Å². The summed E-state index contributed by atoms with van der Waals surface area (Å²) in [5.74, 6) is 0. The Balaban J connectivity index is 1.89. The number of hydrogen-bond acceptors (Lipinski definition) is 4. The number of aromatic nitrogens is 1. The zero-order valence-corrected chi connectivity index (χ0v) is 9.57. The molecule has 1 aromatic rings. The van der Waals surface area contributed by atoms with E-state index in [1.54, 1.807) is 17.5 Å². The van der Waals surface area contributed by atoms with Crippen molar-refractivity contribution in [2.45, 2.75) is 13.0 Å².